The van der Waals surface area contributed by atoms with Crippen molar-refractivity contribution in [1.82, 2.24) is 10.3 Å². The minimum Gasteiger partial charge on any atom is -0.490 e. The number of aromatic nitrogens is 1. The van der Waals surface area contributed by atoms with Crippen molar-refractivity contribution in [2.75, 3.05) is 20.3 Å². The van der Waals surface area contributed by atoms with Crippen molar-refractivity contribution in [1.29, 1.82) is 0 Å². The normalized spacial score (nSPS) is 15.4. The van der Waals surface area contributed by atoms with Crippen molar-refractivity contribution in [3.8, 4) is 23.0 Å². The van der Waals surface area contributed by atoms with Gasteiger partial charge in [0.25, 0.3) is 5.91 Å². The molecule has 1 saturated carbocycles. The molecule has 0 saturated heterocycles. The van der Waals surface area contributed by atoms with Crippen LogP contribution < -0.4 is 19.5 Å². The average molecular weight is 485 g/mol. The van der Waals surface area contributed by atoms with Crippen LogP contribution in [0.4, 0.5) is 0 Å². The molecule has 6 rings (SSSR count). The summed E-state index contributed by atoms with van der Waals surface area (Å²) >= 11 is 0. The van der Waals surface area contributed by atoms with Crippen LogP contribution >= 0.6 is 0 Å². The fourth-order valence-corrected chi connectivity index (χ4v) is 4.93. The third-order valence-corrected chi connectivity index (χ3v) is 7.03. The van der Waals surface area contributed by atoms with Crippen molar-refractivity contribution in [2.45, 2.75) is 37.7 Å². The number of carbonyl (C=O) groups excluding carboxylic acids is 1. The van der Waals surface area contributed by atoms with Crippen LogP contribution in [-0.2, 0) is 6.42 Å². The van der Waals surface area contributed by atoms with Crippen LogP contribution in [0.15, 0.2) is 54.7 Å². The number of fused-ring (bicyclic) bond motifs is 4. The summed E-state index contributed by atoms with van der Waals surface area (Å²) in [5, 5.41) is 15.5. The van der Waals surface area contributed by atoms with E-state index in [1.54, 1.807) is 13.2 Å². The standard InChI is InChI=1S/C29H28N2O5/c1-30-28(32)21-5-2-4-18-16-19(6-7-20(18)21)36-24-8-13-31-23-17-25(27-22(26(23)24)9-15-35-27)34-14-3-10-29(33)11-12-29/h2,4-8,13,16-17,33H,3,9-12,14-15H2,1H3,(H,30,32). The molecule has 0 unspecified atom stereocenters. The molecule has 3 aromatic carbocycles. The number of nitrogens with zero attached hydrogens (tertiary/aromatic N) is 1. The lowest BCUT2D eigenvalue weighted by atomic mass is 10.0. The summed E-state index contributed by atoms with van der Waals surface area (Å²) in [7, 11) is 1.63. The Bertz CT molecular complexity index is 1480. The Morgan fingerprint density at radius 3 is 2.89 bits per heavy atom. The number of ether oxygens (including phenoxy) is 3. The summed E-state index contributed by atoms with van der Waals surface area (Å²) in [6.07, 6.45) is 5.82. The highest BCUT2D eigenvalue weighted by molar-refractivity contribution is 6.07. The molecule has 2 N–H and O–H groups in total. The molecule has 0 spiro atoms. The van der Waals surface area contributed by atoms with Gasteiger partial charge in [-0.3, -0.25) is 9.78 Å². The molecule has 1 aliphatic heterocycles. The summed E-state index contributed by atoms with van der Waals surface area (Å²) in [6, 6.07) is 15.2. The molecule has 7 nitrogen and oxygen atoms in total. The molecule has 36 heavy (non-hydrogen) atoms. The number of hydrogen-bond donors (Lipinski definition) is 2. The fourth-order valence-electron chi connectivity index (χ4n) is 4.93. The number of hydrogen-bond acceptors (Lipinski definition) is 6. The predicted molar refractivity (Wildman–Crippen MR) is 137 cm³/mol. The van der Waals surface area contributed by atoms with Crippen LogP contribution in [0.5, 0.6) is 23.0 Å². The van der Waals surface area contributed by atoms with Gasteiger partial charge < -0.3 is 24.6 Å². The van der Waals surface area contributed by atoms with E-state index in [1.165, 1.54) is 0 Å². The quantitative estimate of drug-likeness (QED) is 0.336. The van der Waals surface area contributed by atoms with E-state index in [2.05, 4.69) is 10.3 Å². The molecule has 1 aliphatic carbocycles. The summed E-state index contributed by atoms with van der Waals surface area (Å²) in [4.78, 5) is 16.8. The Kier molecular flexibility index (Phi) is 5.64. The predicted octanol–water partition coefficient (Wildman–Crippen LogP) is 5.16. The van der Waals surface area contributed by atoms with E-state index in [0.717, 1.165) is 65.1 Å². The van der Waals surface area contributed by atoms with Crippen LogP contribution in [0.2, 0.25) is 0 Å². The molecule has 0 bridgehead atoms. The maximum absolute atomic E-state index is 12.2. The van der Waals surface area contributed by atoms with Gasteiger partial charge in [-0.15, -0.1) is 0 Å². The molecular weight excluding hydrogens is 456 g/mol. The summed E-state index contributed by atoms with van der Waals surface area (Å²) in [5.41, 5.74) is 1.99. The minimum absolute atomic E-state index is 0.119. The third kappa shape index (κ3) is 4.20. The highest BCUT2D eigenvalue weighted by Crippen LogP contribution is 2.45. The van der Waals surface area contributed by atoms with Crippen molar-refractivity contribution in [3.05, 3.63) is 65.9 Å². The summed E-state index contributed by atoms with van der Waals surface area (Å²) in [5.74, 6) is 2.70. The topological polar surface area (TPSA) is 89.9 Å². The van der Waals surface area contributed by atoms with Crippen LogP contribution in [-0.4, -0.2) is 41.9 Å². The molecule has 1 fully saturated rings. The number of benzene rings is 3. The Hall–Kier alpha value is -3.84. The van der Waals surface area contributed by atoms with Gasteiger partial charge in [-0.25, -0.2) is 0 Å². The molecular formula is C29H28N2O5. The van der Waals surface area contributed by atoms with E-state index in [4.69, 9.17) is 14.2 Å². The number of carbonyl (C=O) groups is 1. The first-order chi connectivity index (χ1) is 17.5. The Labute approximate surface area is 209 Å². The van der Waals surface area contributed by atoms with E-state index in [-0.39, 0.29) is 5.91 Å². The highest BCUT2D eigenvalue weighted by Gasteiger charge is 2.39. The van der Waals surface area contributed by atoms with Gasteiger partial charge in [-0.1, -0.05) is 12.1 Å². The first kappa shape index (κ1) is 22.6. The van der Waals surface area contributed by atoms with E-state index >= 15 is 0 Å². The first-order valence-corrected chi connectivity index (χ1v) is 12.4. The molecule has 4 aromatic rings. The molecule has 7 heteroatoms. The van der Waals surface area contributed by atoms with Crippen molar-refractivity contribution >= 4 is 27.6 Å². The lowest BCUT2D eigenvalue weighted by Gasteiger charge is -2.15. The lowest BCUT2D eigenvalue weighted by molar-refractivity contribution is 0.0964. The van der Waals surface area contributed by atoms with Gasteiger partial charge >= 0.3 is 0 Å². The van der Waals surface area contributed by atoms with Gasteiger partial charge in [0.05, 0.1) is 29.7 Å². The SMILES string of the molecule is CNC(=O)c1cccc2cc(Oc3ccnc4cc(OCCCC5(O)CC5)c5c(c34)CCO5)ccc12. The molecule has 184 valence electrons. The smallest absolute Gasteiger partial charge is 0.251 e. The third-order valence-electron chi connectivity index (χ3n) is 7.03. The van der Waals surface area contributed by atoms with Crippen molar-refractivity contribution in [3.63, 3.8) is 0 Å². The van der Waals surface area contributed by atoms with Crippen LogP contribution in [0, 0.1) is 0 Å². The van der Waals surface area contributed by atoms with Gasteiger partial charge in [-0.2, -0.15) is 0 Å². The van der Waals surface area contributed by atoms with Gasteiger partial charge in [0.1, 0.15) is 11.5 Å². The van der Waals surface area contributed by atoms with Gasteiger partial charge in [0, 0.05) is 36.9 Å². The van der Waals surface area contributed by atoms with Gasteiger partial charge in [0.2, 0.25) is 0 Å². The van der Waals surface area contributed by atoms with E-state index < -0.39 is 5.60 Å². The molecule has 1 amide bonds. The molecule has 0 atom stereocenters. The molecule has 2 aliphatic rings. The van der Waals surface area contributed by atoms with Crippen molar-refractivity contribution in [2.24, 2.45) is 0 Å². The average Bonchev–Trinajstić information content (AvgIpc) is 3.42. The maximum atomic E-state index is 12.2. The highest BCUT2D eigenvalue weighted by atomic mass is 16.5. The number of rotatable bonds is 8. The zero-order chi connectivity index (χ0) is 24.7. The van der Waals surface area contributed by atoms with E-state index in [0.29, 0.717) is 36.0 Å². The minimum atomic E-state index is -0.467. The number of pyridine rings is 1. The lowest BCUT2D eigenvalue weighted by Crippen LogP contribution is -2.17. The van der Waals surface area contributed by atoms with E-state index in [1.807, 2.05) is 48.5 Å². The first-order valence-electron chi connectivity index (χ1n) is 12.4. The van der Waals surface area contributed by atoms with Crippen LogP contribution in [0.25, 0.3) is 21.7 Å². The van der Waals surface area contributed by atoms with Crippen molar-refractivity contribution < 1.29 is 24.1 Å². The fraction of sp³-hybridized carbons (Fsp3) is 0.310. The Morgan fingerprint density at radius 1 is 1.17 bits per heavy atom. The zero-order valence-corrected chi connectivity index (χ0v) is 20.2. The second-order valence-electron chi connectivity index (χ2n) is 9.53. The number of amides is 1. The Morgan fingerprint density at radius 2 is 2.06 bits per heavy atom. The zero-order valence-electron chi connectivity index (χ0n) is 20.2. The Balaban J connectivity index is 1.30. The van der Waals surface area contributed by atoms with E-state index in [9.17, 15) is 9.90 Å². The summed E-state index contributed by atoms with van der Waals surface area (Å²) in [6.45, 7) is 1.10. The van der Waals surface area contributed by atoms with Gasteiger partial charge in [0.15, 0.2) is 11.5 Å². The molecule has 2 heterocycles. The largest absolute Gasteiger partial charge is 0.490 e. The summed E-state index contributed by atoms with van der Waals surface area (Å²) < 4.78 is 18.4. The second-order valence-corrected chi connectivity index (χ2v) is 9.53. The number of nitrogens with one attached hydrogen (secondary N) is 1. The maximum Gasteiger partial charge on any atom is 0.251 e. The van der Waals surface area contributed by atoms with Crippen LogP contribution in [0.3, 0.4) is 0 Å². The monoisotopic (exact) mass is 484 g/mol. The van der Waals surface area contributed by atoms with Gasteiger partial charge in [-0.05, 0) is 66.8 Å². The molecule has 1 aromatic heterocycles. The number of aliphatic hydroxyl groups is 1. The second kappa shape index (κ2) is 8.99. The molecule has 0 radical (unpaired) electrons. The van der Waals surface area contributed by atoms with Crippen LogP contribution in [0.1, 0.15) is 41.6 Å².